The van der Waals surface area contributed by atoms with Gasteiger partial charge in [0.25, 0.3) is 5.91 Å². The van der Waals surface area contributed by atoms with Crippen LogP contribution in [-0.2, 0) is 21.5 Å². The Labute approximate surface area is 162 Å². The van der Waals surface area contributed by atoms with Crippen LogP contribution in [0.1, 0.15) is 51.5 Å². The van der Waals surface area contributed by atoms with Gasteiger partial charge in [-0.15, -0.1) is 5.10 Å². The maximum Gasteiger partial charge on any atom is 0.266 e. The number of aromatic nitrogens is 4. The second kappa shape index (κ2) is 7.26. The minimum atomic E-state index is -0.871. The number of fused-ring (bicyclic) bond motifs is 1. The average Bonchev–Trinajstić information content (AvgIpc) is 3.08. The minimum absolute atomic E-state index is 0.136. The lowest BCUT2D eigenvalue weighted by atomic mass is 9.94. The summed E-state index contributed by atoms with van der Waals surface area (Å²) in [7, 11) is 0. The van der Waals surface area contributed by atoms with E-state index in [1.54, 1.807) is 42.8 Å². The van der Waals surface area contributed by atoms with Gasteiger partial charge in [-0.2, -0.15) is 0 Å². The molecule has 27 heavy (non-hydrogen) atoms. The van der Waals surface area contributed by atoms with E-state index in [9.17, 15) is 9.59 Å². The lowest BCUT2D eigenvalue weighted by molar-refractivity contribution is -0.156. The number of halogens is 1. The number of tetrazole rings is 1. The minimum Gasteiger partial charge on any atom is -0.273 e. The third-order valence-corrected chi connectivity index (χ3v) is 4.86. The molecular weight excluding hydrogens is 368 g/mol. The Morgan fingerprint density at radius 2 is 1.96 bits per heavy atom. The molecule has 0 spiro atoms. The van der Waals surface area contributed by atoms with Crippen molar-refractivity contribution in [2.24, 2.45) is 5.92 Å². The summed E-state index contributed by atoms with van der Waals surface area (Å²) in [5.41, 5.74) is 2.70. The maximum absolute atomic E-state index is 13.1. The fraction of sp³-hybridized carbons (Fsp3) is 0.500. The second-order valence-corrected chi connectivity index (χ2v) is 8.10. The first-order valence-electron chi connectivity index (χ1n) is 8.86. The fourth-order valence-electron chi connectivity index (χ4n) is 3.23. The number of carbonyl (C=O) groups excluding carboxylic acids is 2. The van der Waals surface area contributed by atoms with Crippen molar-refractivity contribution < 1.29 is 9.59 Å². The van der Waals surface area contributed by atoms with E-state index in [-0.39, 0.29) is 24.2 Å². The summed E-state index contributed by atoms with van der Waals surface area (Å²) >= 11 is 5.88. The summed E-state index contributed by atoms with van der Waals surface area (Å²) in [6.07, 6.45) is 0.716. The van der Waals surface area contributed by atoms with Gasteiger partial charge in [0.15, 0.2) is 5.82 Å². The van der Waals surface area contributed by atoms with Crippen LogP contribution in [0.15, 0.2) is 24.3 Å². The summed E-state index contributed by atoms with van der Waals surface area (Å²) in [5, 5.41) is 13.8. The summed E-state index contributed by atoms with van der Waals surface area (Å²) in [6, 6.07) is 6.49. The Kier molecular flexibility index (Phi) is 5.19. The lowest BCUT2D eigenvalue weighted by Crippen LogP contribution is -2.62. The third kappa shape index (κ3) is 3.80. The highest BCUT2D eigenvalue weighted by Gasteiger charge is 2.48. The molecule has 9 heteroatoms. The Morgan fingerprint density at radius 3 is 2.59 bits per heavy atom. The normalized spacial score (nSPS) is 18.5. The van der Waals surface area contributed by atoms with Gasteiger partial charge in [-0.05, 0) is 54.3 Å². The third-order valence-electron chi connectivity index (χ3n) is 4.61. The van der Waals surface area contributed by atoms with Gasteiger partial charge in [0.2, 0.25) is 5.91 Å². The largest absolute Gasteiger partial charge is 0.273 e. The molecule has 1 aromatic heterocycles. The van der Waals surface area contributed by atoms with Crippen LogP contribution in [0.2, 0.25) is 5.02 Å². The molecule has 8 nitrogen and oxygen atoms in total. The van der Waals surface area contributed by atoms with E-state index in [2.05, 4.69) is 21.0 Å². The van der Waals surface area contributed by atoms with Crippen LogP contribution >= 0.6 is 11.6 Å². The predicted octanol–water partition coefficient (Wildman–Crippen LogP) is 2.26. The molecule has 1 atom stereocenters. The highest BCUT2D eigenvalue weighted by Crippen LogP contribution is 2.35. The van der Waals surface area contributed by atoms with E-state index in [0.717, 1.165) is 5.56 Å². The summed E-state index contributed by atoms with van der Waals surface area (Å²) < 4.78 is 1.57. The molecule has 1 unspecified atom stereocenters. The first-order valence-corrected chi connectivity index (χ1v) is 9.24. The molecule has 3 rings (SSSR count). The maximum atomic E-state index is 13.1. The van der Waals surface area contributed by atoms with Gasteiger partial charge in [0, 0.05) is 5.02 Å². The first kappa shape index (κ1) is 19.3. The molecule has 2 amide bonds. The Bertz CT molecular complexity index is 846. The van der Waals surface area contributed by atoms with Gasteiger partial charge in [-0.25, -0.2) is 9.69 Å². The van der Waals surface area contributed by atoms with E-state index in [0.29, 0.717) is 17.3 Å². The van der Waals surface area contributed by atoms with Crippen LogP contribution < -0.4 is 5.43 Å². The Hall–Kier alpha value is -2.48. The summed E-state index contributed by atoms with van der Waals surface area (Å²) in [4.78, 5) is 25.7. The zero-order valence-electron chi connectivity index (χ0n) is 15.8. The molecule has 144 valence electrons. The fourth-order valence-corrected chi connectivity index (χ4v) is 3.36. The van der Waals surface area contributed by atoms with E-state index in [1.807, 2.05) is 13.8 Å². The molecule has 0 radical (unpaired) electrons. The van der Waals surface area contributed by atoms with Gasteiger partial charge >= 0.3 is 0 Å². The molecule has 1 aromatic carbocycles. The van der Waals surface area contributed by atoms with Crippen molar-refractivity contribution in [3.05, 3.63) is 40.7 Å². The molecule has 1 N–H and O–H groups in total. The highest BCUT2D eigenvalue weighted by atomic mass is 35.5. The lowest BCUT2D eigenvalue weighted by Gasteiger charge is -2.43. The van der Waals surface area contributed by atoms with Gasteiger partial charge < -0.3 is 0 Å². The molecular formula is C18H23ClN6O2. The topological polar surface area (TPSA) is 93.0 Å². The number of amides is 2. The van der Waals surface area contributed by atoms with Crippen LogP contribution in [0.4, 0.5) is 0 Å². The zero-order valence-corrected chi connectivity index (χ0v) is 16.6. The number of benzene rings is 1. The summed E-state index contributed by atoms with van der Waals surface area (Å²) in [5.74, 6) is 0.296. The van der Waals surface area contributed by atoms with Crippen LogP contribution in [-0.4, -0.2) is 37.0 Å². The number of hydrazine groups is 1. The second-order valence-electron chi connectivity index (χ2n) is 7.66. The van der Waals surface area contributed by atoms with E-state index >= 15 is 0 Å². The van der Waals surface area contributed by atoms with E-state index < -0.39 is 11.6 Å². The number of hydrogen-bond donors (Lipinski definition) is 1. The molecule has 0 saturated carbocycles. The molecule has 1 aliphatic heterocycles. The number of nitrogens with zero attached hydrogens (tertiary/aromatic N) is 5. The molecule has 0 aliphatic carbocycles. The molecule has 0 saturated heterocycles. The van der Waals surface area contributed by atoms with Crippen molar-refractivity contribution in [2.45, 2.75) is 52.1 Å². The Balaban J connectivity index is 1.84. The number of nitrogens with one attached hydrogen (secondary N) is 1. The summed E-state index contributed by atoms with van der Waals surface area (Å²) in [6.45, 7) is 7.67. The number of carbonyl (C=O) groups is 2. The molecule has 2 heterocycles. The number of rotatable bonds is 5. The SMILES string of the molecule is CC(C)CC1C(=O)N(NC(=O)Cc2ccc(Cl)cc2)C(C)(C)c2nnnn21. The van der Waals surface area contributed by atoms with Crippen molar-refractivity contribution in [1.82, 2.24) is 30.6 Å². The molecule has 1 aliphatic rings. The smallest absolute Gasteiger partial charge is 0.266 e. The molecule has 0 bridgehead atoms. The van der Waals surface area contributed by atoms with Crippen LogP contribution in [0.3, 0.4) is 0 Å². The van der Waals surface area contributed by atoms with Crippen LogP contribution in [0.5, 0.6) is 0 Å². The quantitative estimate of drug-likeness (QED) is 0.845. The first-order chi connectivity index (χ1) is 12.7. The Morgan fingerprint density at radius 1 is 1.30 bits per heavy atom. The molecule has 2 aromatic rings. The zero-order chi connectivity index (χ0) is 19.8. The average molecular weight is 391 g/mol. The monoisotopic (exact) mass is 390 g/mol. The van der Waals surface area contributed by atoms with Crippen molar-refractivity contribution in [1.29, 1.82) is 0 Å². The molecule has 0 fully saturated rings. The van der Waals surface area contributed by atoms with Crippen LogP contribution in [0, 0.1) is 5.92 Å². The highest BCUT2D eigenvalue weighted by molar-refractivity contribution is 6.30. The van der Waals surface area contributed by atoms with Crippen molar-refractivity contribution in [2.75, 3.05) is 0 Å². The van der Waals surface area contributed by atoms with Gasteiger partial charge in [0.05, 0.1) is 6.42 Å². The number of hydrogen-bond acceptors (Lipinski definition) is 5. The predicted molar refractivity (Wildman–Crippen MR) is 99.5 cm³/mol. The van der Waals surface area contributed by atoms with Crippen molar-refractivity contribution in [3.63, 3.8) is 0 Å². The van der Waals surface area contributed by atoms with E-state index in [1.165, 1.54) is 5.01 Å². The van der Waals surface area contributed by atoms with Crippen LogP contribution in [0.25, 0.3) is 0 Å². The van der Waals surface area contributed by atoms with Crippen molar-refractivity contribution >= 4 is 23.4 Å². The van der Waals surface area contributed by atoms with Crippen molar-refractivity contribution in [3.8, 4) is 0 Å². The van der Waals surface area contributed by atoms with E-state index in [4.69, 9.17) is 11.6 Å². The van der Waals surface area contributed by atoms with Gasteiger partial charge in [-0.3, -0.25) is 15.0 Å². The van der Waals surface area contributed by atoms with Gasteiger partial charge in [0.1, 0.15) is 11.6 Å². The van der Waals surface area contributed by atoms with Gasteiger partial charge in [-0.1, -0.05) is 37.6 Å². The standard InChI is InChI=1S/C18H23ClN6O2/c1-11(2)9-14-16(27)25(18(3,4)17-20-22-23-24(14)17)21-15(26)10-12-5-7-13(19)8-6-12/h5-8,11,14H,9-10H2,1-4H3,(H,21,26).